The molecule has 0 amide bonds. The zero-order chi connectivity index (χ0) is 29.3. The first-order valence-corrected chi connectivity index (χ1v) is 17.9. The third kappa shape index (κ3) is 5.25. The van der Waals surface area contributed by atoms with Crippen molar-refractivity contribution in [3.05, 3.63) is 28.8 Å². The van der Waals surface area contributed by atoms with E-state index >= 15 is 4.39 Å². The summed E-state index contributed by atoms with van der Waals surface area (Å²) in [6.07, 6.45) is 4.12. The number of nitrogens with zero attached hydrogens (tertiary/aromatic N) is 5. The predicted molar refractivity (Wildman–Crippen MR) is 156 cm³/mol. The Hall–Kier alpha value is -1.95. The average molecular weight is 610 g/mol. The molecule has 2 bridgehead atoms. The lowest BCUT2D eigenvalue weighted by Gasteiger charge is -2.40. The number of pyridine rings is 1. The minimum atomic E-state index is -1.94. The van der Waals surface area contributed by atoms with Gasteiger partial charge in [0.25, 0.3) is 6.08 Å². The third-order valence-corrected chi connectivity index (χ3v) is 15.0. The summed E-state index contributed by atoms with van der Waals surface area (Å²) < 4.78 is 55.2. The molecule has 2 aromatic heterocycles. The third-order valence-electron chi connectivity index (χ3n) is 10.2. The van der Waals surface area contributed by atoms with Gasteiger partial charge in [-0.15, -0.1) is 0 Å². The van der Waals surface area contributed by atoms with Crippen molar-refractivity contribution < 1.29 is 22.3 Å². The molecule has 4 atom stereocenters. The quantitative estimate of drug-likeness (QED) is 0.263. The summed E-state index contributed by atoms with van der Waals surface area (Å²) in [6.45, 7) is 14.0. The maximum absolute atomic E-state index is 15.3. The van der Waals surface area contributed by atoms with E-state index in [1.54, 1.807) is 0 Å². The van der Waals surface area contributed by atoms with Crippen LogP contribution in [0.1, 0.15) is 52.9 Å². The van der Waals surface area contributed by atoms with Crippen molar-refractivity contribution in [3.63, 3.8) is 0 Å². The van der Waals surface area contributed by atoms with E-state index in [0.29, 0.717) is 23.0 Å². The van der Waals surface area contributed by atoms with Crippen LogP contribution >= 0.6 is 11.6 Å². The SMILES string of the molecule is CC(C)(C)[Si](C)(C)OC1C[C@H]2CC1CN(c1nc(OCC34CCCN3CC(=C(F)F)C4)nc3c(F)c(Cl)ncc13)C2. The summed E-state index contributed by atoms with van der Waals surface area (Å²) in [6, 6.07) is 0.0278. The summed E-state index contributed by atoms with van der Waals surface area (Å²) >= 11 is 6.05. The van der Waals surface area contributed by atoms with Crippen molar-refractivity contribution in [1.82, 2.24) is 19.9 Å². The van der Waals surface area contributed by atoms with Crippen LogP contribution in [0.4, 0.5) is 19.0 Å². The van der Waals surface area contributed by atoms with E-state index < -0.39 is 25.8 Å². The van der Waals surface area contributed by atoms with Gasteiger partial charge in [-0.3, -0.25) is 4.90 Å². The van der Waals surface area contributed by atoms with Gasteiger partial charge in [0.15, 0.2) is 19.3 Å². The molecule has 7 nitrogen and oxygen atoms in total. The van der Waals surface area contributed by atoms with Crippen molar-refractivity contribution in [3.8, 4) is 6.01 Å². The van der Waals surface area contributed by atoms with Gasteiger partial charge in [-0.2, -0.15) is 18.7 Å². The molecule has 2 aromatic rings. The van der Waals surface area contributed by atoms with E-state index in [1.165, 1.54) is 6.20 Å². The van der Waals surface area contributed by atoms with E-state index in [4.69, 9.17) is 25.7 Å². The molecular weight excluding hydrogens is 571 g/mol. The van der Waals surface area contributed by atoms with E-state index in [2.05, 4.69) is 53.6 Å². The van der Waals surface area contributed by atoms with Gasteiger partial charge in [0, 0.05) is 43.4 Å². The number of aromatic nitrogens is 3. The van der Waals surface area contributed by atoms with Gasteiger partial charge in [0.1, 0.15) is 17.9 Å². The van der Waals surface area contributed by atoms with Gasteiger partial charge in [-0.1, -0.05) is 32.4 Å². The van der Waals surface area contributed by atoms with Gasteiger partial charge in [-0.05, 0) is 62.7 Å². The molecule has 0 N–H and O–H groups in total. The number of piperidine rings is 1. The summed E-state index contributed by atoms with van der Waals surface area (Å²) in [5.74, 6) is 0.627. The van der Waals surface area contributed by atoms with Crippen molar-refractivity contribution in [1.29, 1.82) is 0 Å². The molecule has 5 heterocycles. The molecule has 0 aromatic carbocycles. The molecule has 41 heavy (non-hydrogen) atoms. The van der Waals surface area contributed by atoms with Gasteiger partial charge in [-0.25, -0.2) is 9.37 Å². The second-order valence-corrected chi connectivity index (χ2v) is 19.1. The van der Waals surface area contributed by atoms with Gasteiger partial charge in [0.05, 0.1) is 10.9 Å². The number of rotatable bonds is 6. The van der Waals surface area contributed by atoms with Crippen LogP contribution in [-0.4, -0.2) is 72.6 Å². The topological polar surface area (TPSA) is 63.6 Å². The number of halogens is 4. The Labute approximate surface area is 245 Å². The molecule has 1 saturated carbocycles. The first kappa shape index (κ1) is 29.1. The Bertz CT molecular complexity index is 1380. The van der Waals surface area contributed by atoms with Crippen molar-refractivity contribution >= 4 is 36.6 Å². The lowest BCUT2D eigenvalue weighted by atomic mass is 9.94. The van der Waals surface area contributed by atoms with Crippen LogP contribution in [0.5, 0.6) is 6.01 Å². The highest BCUT2D eigenvalue weighted by atomic mass is 35.5. The maximum Gasteiger partial charge on any atom is 0.319 e. The van der Waals surface area contributed by atoms with E-state index in [-0.39, 0.29) is 53.0 Å². The van der Waals surface area contributed by atoms with Crippen molar-refractivity contribution in [2.45, 2.75) is 82.7 Å². The molecule has 3 aliphatic heterocycles. The molecule has 3 unspecified atom stereocenters. The number of hydrogen-bond acceptors (Lipinski definition) is 7. The van der Waals surface area contributed by atoms with Gasteiger partial charge < -0.3 is 14.1 Å². The maximum atomic E-state index is 15.3. The fraction of sp³-hybridized carbons (Fsp3) is 0.690. The Balaban J connectivity index is 1.29. The summed E-state index contributed by atoms with van der Waals surface area (Å²) in [5.41, 5.74) is -0.306. The summed E-state index contributed by atoms with van der Waals surface area (Å²) in [5, 5.41) is 0.342. The zero-order valence-corrected chi connectivity index (χ0v) is 26.2. The molecule has 4 aliphatic rings. The van der Waals surface area contributed by atoms with Crippen LogP contribution in [0.3, 0.4) is 0 Å². The minimum Gasteiger partial charge on any atom is -0.461 e. The molecule has 0 radical (unpaired) electrons. The van der Waals surface area contributed by atoms with Gasteiger partial charge in [0.2, 0.25) is 0 Å². The second kappa shape index (κ2) is 10.3. The van der Waals surface area contributed by atoms with E-state index in [0.717, 1.165) is 45.3 Å². The Morgan fingerprint density at radius 2 is 1.98 bits per heavy atom. The fourth-order valence-corrected chi connectivity index (χ4v) is 8.59. The van der Waals surface area contributed by atoms with Crippen molar-refractivity contribution in [2.24, 2.45) is 11.8 Å². The molecule has 3 saturated heterocycles. The first-order valence-electron chi connectivity index (χ1n) is 14.6. The molecular formula is C29H39ClF3N5O2Si. The Kier molecular flexibility index (Phi) is 7.35. The lowest BCUT2D eigenvalue weighted by Crippen LogP contribution is -2.46. The van der Waals surface area contributed by atoms with E-state index in [1.807, 2.05) is 0 Å². The first-order chi connectivity index (χ1) is 19.3. The number of ether oxygens (including phenoxy) is 1. The van der Waals surface area contributed by atoms with Crippen LogP contribution in [0.25, 0.3) is 10.9 Å². The molecule has 6 rings (SSSR count). The van der Waals surface area contributed by atoms with E-state index in [9.17, 15) is 8.78 Å². The largest absolute Gasteiger partial charge is 0.461 e. The lowest BCUT2D eigenvalue weighted by molar-refractivity contribution is 0.108. The highest BCUT2D eigenvalue weighted by Gasteiger charge is 2.49. The normalized spacial score (nSPS) is 28.6. The summed E-state index contributed by atoms with van der Waals surface area (Å²) in [4.78, 5) is 17.5. The molecule has 224 valence electrons. The molecule has 12 heteroatoms. The number of fused-ring (bicyclic) bond motifs is 4. The molecule has 0 spiro atoms. The van der Waals surface area contributed by atoms with Crippen LogP contribution < -0.4 is 9.64 Å². The van der Waals surface area contributed by atoms with Crippen LogP contribution in [0.2, 0.25) is 23.3 Å². The zero-order valence-electron chi connectivity index (χ0n) is 24.4. The smallest absolute Gasteiger partial charge is 0.319 e. The number of anilines is 1. The monoisotopic (exact) mass is 609 g/mol. The average Bonchev–Trinajstić information content (AvgIpc) is 3.54. The van der Waals surface area contributed by atoms with Crippen LogP contribution in [-0.2, 0) is 4.43 Å². The number of hydrogen-bond donors (Lipinski definition) is 0. The standard InChI is InChI=1S/C29H39ClF3N5O2Si/c1-28(2,3)41(4,5)40-21-10-17-9-18(21)14-37(13-17)26-20-12-34-24(30)22(31)23(20)35-27(36-26)39-16-29-7-6-8-38(29)15-19(11-29)25(32)33/h12,17-18,21H,6-11,13-16H2,1-5H3/t17-,18?,21?,29?/m1/s1. The summed E-state index contributed by atoms with van der Waals surface area (Å²) in [7, 11) is -1.94. The fourth-order valence-electron chi connectivity index (χ4n) is 7.05. The highest BCUT2D eigenvalue weighted by molar-refractivity contribution is 6.74. The molecule has 1 aliphatic carbocycles. The van der Waals surface area contributed by atoms with Gasteiger partial charge >= 0.3 is 6.01 Å². The van der Waals surface area contributed by atoms with Crippen LogP contribution in [0.15, 0.2) is 17.9 Å². The Morgan fingerprint density at radius 3 is 2.71 bits per heavy atom. The minimum absolute atomic E-state index is 0.0278. The highest BCUT2D eigenvalue weighted by Crippen LogP contribution is 2.46. The molecule has 4 fully saturated rings. The Morgan fingerprint density at radius 1 is 1.20 bits per heavy atom. The predicted octanol–water partition coefficient (Wildman–Crippen LogP) is 6.82. The van der Waals surface area contributed by atoms with Crippen molar-refractivity contribution in [2.75, 3.05) is 37.7 Å². The second-order valence-electron chi connectivity index (χ2n) is 14.0. The van der Waals surface area contributed by atoms with Crippen LogP contribution in [0, 0.1) is 17.7 Å².